The molecule has 2 aromatic carbocycles. The van der Waals surface area contributed by atoms with Gasteiger partial charge in [-0.15, -0.1) is 0 Å². The van der Waals surface area contributed by atoms with Crippen molar-refractivity contribution in [3.8, 4) is 11.3 Å². The van der Waals surface area contributed by atoms with Crippen LogP contribution in [-0.4, -0.2) is 15.9 Å². The Hall–Kier alpha value is -2.75. The molecule has 1 heterocycles. The van der Waals surface area contributed by atoms with Crippen molar-refractivity contribution in [2.75, 3.05) is 5.32 Å². The van der Waals surface area contributed by atoms with Crippen LogP contribution in [-0.2, 0) is 0 Å². The molecule has 28 heavy (non-hydrogen) atoms. The van der Waals surface area contributed by atoms with E-state index in [2.05, 4.69) is 26.6 Å². The molecule has 0 fully saturated rings. The lowest BCUT2D eigenvalue weighted by Crippen LogP contribution is -2.34. The average Bonchev–Trinajstić information content (AvgIpc) is 3.14. The van der Waals surface area contributed by atoms with Crippen molar-refractivity contribution in [3.05, 3.63) is 80.0 Å². The third-order valence-electron chi connectivity index (χ3n) is 3.60. The van der Waals surface area contributed by atoms with Gasteiger partial charge in [0.15, 0.2) is 10.9 Å². The van der Waals surface area contributed by atoms with Gasteiger partial charge in [-0.1, -0.05) is 11.6 Å². The third-order valence-corrected chi connectivity index (χ3v) is 4.71. The number of benzene rings is 2. The molecule has 0 saturated heterocycles. The maximum absolute atomic E-state index is 12.3. The molecule has 3 rings (SSSR count). The second-order valence-electron chi connectivity index (χ2n) is 5.50. The summed E-state index contributed by atoms with van der Waals surface area (Å²) in [5.41, 5.74) is 1.17. The zero-order valence-corrected chi connectivity index (χ0v) is 17.1. The number of halogens is 2. The summed E-state index contributed by atoms with van der Waals surface area (Å²) < 4.78 is 5.99. The molecule has 0 aliphatic heterocycles. The van der Waals surface area contributed by atoms with Gasteiger partial charge in [0.2, 0.25) is 0 Å². The van der Waals surface area contributed by atoms with Crippen LogP contribution in [0.1, 0.15) is 10.6 Å². The van der Waals surface area contributed by atoms with Crippen LogP contribution in [0.4, 0.5) is 11.4 Å². The lowest BCUT2D eigenvalue weighted by atomic mass is 10.2. The summed E-state index contributed by atoms with van der Waals surface area (Å²) >= 11 is 14.2. The quantitative estimate of drug-likeness (QED) is 0.295. The molecule has 10 heteroatoms. The first-order valence-corrected chi connectivity index (χ1v) is 9.33. The van der Waals surface area contributed by atoms with Gasteiger partial charge in [0.05, 0.1) is 10.6 Å². The minimum atomic E-state index is -0.532. The van der Waals surface area contributed by atoms with Gasteiger partial charge >= 0.3 is 0 Å². The van der Waals surface area contributed by atoms with E-state index in [4.69, 9.17) is 28.2 Å². The Morgan fingerprint density at radius 2 is 1.86 bits per heavy atom. The number of nitrogens with one attached hydrogen (secondary N) is 2. The van der Waals surface area contributed by atoms with Gasteiger partial charge < -0.3 is 9.73 Å². The van der Waals surface area contributed by atoms with Gasteiger partial charge in [-0.3, -0.25) is 20.2 Å². The third kappa shape index (κ3) is 4.75. The summed E-state index contributed by atoms with van der Waals surface area (Å²) in [5.74, 6) is 0.0615. The number of carbonyl (C=O) groups is 1. The molecule has 0 saturated carbocycles. The largest absolute Gasteiger partial charge is 0.451 e. The number of non-ortho nitro benzene ring substituents is 1. The molecule has 0 atom stereocenters. The van der Waals surface area contributed by atoms with Crippen LogP contribution in [0.15, 0.2) is 63.5 Å². The first kappa shape index (κ1) is 20.0. The van der Waals surface area contributed by atoms with E-state index >= 15 is 0 Å². The minimum absolute atomic E-state index is 0.0176. The van der Waals surface area contributed by atoms with Crippen molar-refractivity contribution in [1.82, 2.24) is 5.32 Å². The highest BCUT2D eigenvalue weighted by atomic mass is 79.9. The Kier molecular flexibility index (Phi) is 6.08. The highest BCUT2D eigenvalue weighted by Crippen LogP contribution is 2.27. The lowest BCUT2D eigenvalue weighted by molar-refractivity contribution is -0.384. The Balaban J connectivity index is 1.65. The summed E-state index contributed by atoms with van der Waals surface area (Å²) in [6.45, 7) is 0. The van der Waals surface area contributed by atoms with E-state index in [9.17, 15) is 14.9 Å². The highest BCUT2D eigenvalue weighted by molar-refractivity contribution is 9.10. The molecule has 0 bridgehead atoms. The second kappa shape index (κ2) is 8.51. The molecule has 0 aliphatic rings. The number of rotatable bonds is 4. The summed E-state index contributed by atoms with van der Waals surface area (Å²) in [4.78, 5) is 22.6. The molecular formula is C18H11BrClN3O4S. The van der Waals surface area contributed by atoms with Gasteiger partial charge in [-0.05, 0) is 70.6 Å². The van der Waals surface area contributed by atoms with E-state index in [0.29, 0.717) is 20.9 Å². The number of anilines is 1. The summed E-state index contributed by atoms with van der Waals surface area (Å²) in [6.07, 6.45) is 0. The van der Waals surface area contributed by atoms with E-state index < -0.39 is 10.8 Å². The van der Waals surface area contributed by atoms with E-state index in [1.165, 1.54) is 24.3 Å². The number of carbonyl (C=O) groups excluding carboxylic acids is 1. The fourth-order valence-electron chi connectivity index (χ4n) is 2.27. The fraction of sp³-hybridized carbons (Fsp3) is 0. The molecule has 0 spiro atoms. The predicted octanol–water partition coefficient (Wildman–Crippen LogP) is 5.40. The Bertz CT molecular complexity index is 1070. The van der Waals surface area contributed by atoms with E-state index in [1.54, 1.807) is 30.3 Å². The lowest BCUT2D eigenvalue weighted by Gasteiger charge is -2.10. The van der Waals surface area contributed by atoms with E-state index in [0.717, 1.165) is 5.56 Å². The number of nitro groups is 1. The number of nitrogens with zero attached hydrogens (tertiary/aromatic N) is 1. The number of furan rings is 1. The van der Waals surface area contributed by atoms with Crippen molar-refractivity contribution < 1.29 is 14.1 Å². The summed E-state index contributed by atoms with van der Waals surface area (Å²) in [5, 5.41) is 16.7. The normalized spacial score (nSPS) is 10.4. The molecule has 3 aromatic rings. The predicted molar refractivity (Wildman–Crippen MR) is 114 cm³/mol. The van der Waals surface area contributed by atoms with Gasteiger partial charge in [0.1, 0.15) is 5.76 Å². The summed E-state index contributed by atoms with van der Waals surface area (Å²) in [6, 6.07) is 14.3. The van der Waals surface area contributed by atoms with Gasteiger partial charge in [-0.25, -0.2) is 0 Å². The molecule has 7 nitrogen and oxygen atoms in total. The molecule has 0 aliphatic carbocycles. The molecular weight excluding hydrogens is 470 g/mol. The molecule has 0 radical (unpaired) electrons. The Morgan fingerprint density at radius 3 is 2.50 bits per heavy atom. The SMILES string of the molecule is O=C(NC(=S)Nc1ccc([N+](=O)[O-])cc1Br)c1ccc(-c2ccc(Cl)cc2)o1. The number of nitro benzene ring substituents is 1. The monoisotopic (exact) mass is 479 g/mol. The zero-order valence-electron chi connectivity index (χ0n) is 13.9. The van der Waals surface area contributed by atoms with E-state index in [-0.39, 0.29) is 16.6 Å². The summed E-state index contributed by atoms with van der Waals surface area (Å²) in [7, 11) is 0. The van der Waals surface area contributed by atoms with Crippen molar-refractivity contribution in [3.63, 3.8) is 0 Å². The number of hydrogen-bond donors (Lipinski definition) is 2. The van der Waals surface area contributed by atoms with Crippen molar-refractivity contribution in [2.45, 2.75) is 0 Å². The van der Waals surface area contributed by atoms with Gasteiger partial charge in [0.25, 0.3) is 11.6 Å². The van der Waals surface area contributed by atoms with Gasteiger partial charge in [0, 0.05) is 27.2 Å². The van der Waals surface area contributed by atoms with E-state index in [1.807, 2.05) is 0 Å². The number of amides is 1. The first-order valence-electron chi connectivity index (χ1n) is 7.75. The molecule has 142 valence electrons. The molecule has 1 aromatic heterocycles. The number of hydrogen-bond acceptors (Lipinski definition) is 5. The Labute approximate surface area is 178 Å². The molecule has 0 unspecified atom stereocenters. The van der Waals surface area contributed by atoms with Crippen molar-refractivity contribution in [1.29, 1.82) is 0 Å². The standard InChI is InChI=1S/C18H11BrClN3O4S/c19-13-9-12(23(25)26)5-6-14(13)21-18(28)22-17(24)16-8-7-15(27-16)10-1-3-11(20)4-2-10/h1-9H,(H2,21,22,24,28). The zero-order chi connectivity index (χ0) is 20.3. The van der Waals surface area contributed by atoms with Crippen LogP contribution >= 0.6 is 39.7 Å². The second-order valence-corrected chi connectivity index (χ2v) is 7.20. The van der Waals surface area contributed by atoms with Crippen molar-refractivity contribution in [2.24, 2.45) is 0 Å². The average molecular weight is 481 g/mol. The van der Waals surface area contributed by atoms with Crippen molar-refractivity contribution >= 4 is 62.1 Å². The van der Waals surface area contributed by atoms with Crippen LogP contribution in [0.25, 0.3) is 11.3 Å². The topological polar surface area (TPSA) is 97.4 Å². The highest BCUT2D eigenvalue weighted by Gasteiger charge is 2.15. The number of thiocarbonyl (C=S) groups is 1. The maximum Gasteiger partial charge on any atom is 0.293 e. The van der Waals surface area contributed by atoms with Crippen LogP contribution in [0.3, 0.4) is 0 Å². The van der Waals surface area contributed by atoms with Gasteiger partial charge in [-0.2, -0.15) is 0 Å². The molecule has 1 amide bonds. The maximum atomic E-state index is 12.3. The van der Waals surface area contributed by atoms with Crippen LogP contribution in [0.5, 0.6) is 0 Å². The Morgan fingerprint density at radius 1 is 1.14 bits per heavy atom. The first-order chi connectivity index (χ1) is 13.3. The van der Waals surface area contributed by atoms with Crippen LogP contribution in [0.2, 0.25) is 5.02 Å². The fourth-order valence-corrected chi connectivity index (χ4v) is 3.06. The minimum Gasteiger partial charge on any atom is -0.451 e. The van der Waals surface area contributed by atoms with Crippen LogP contribution in [0, 0.1) is 10.1 Å². The molecule has 2 N–H and O–H groups in total. The smallest absolute Gasteiger partial charge is 0.293 e. The van der Waals surface area contributed by atoms with Crippen LogP contribution < -0.4 is 10.6 Å².